The molecule has 0 aliphatic carbocycles. The summed E-state index contributed by atoms with van der Waals surface area (Å²) >= 11 is 0. The summed E-state index contributed by atoms with van der Waals surface area (Å²) in [7, 11) is 0. The Bertz CT molecular complexity index is 219. The highest BCUT2D eigenvalue weighted by molar-refractivity contribution is 5.13. The Morgan fingerprint density at radius 1 is 1.57 bits per heavy atom. The molecule has 0 amide bonds. The van der Waals surface area contributed by atoms with Crippen LogP contribution in [0.4, 0.5) is 0 Å². The maximum Gasteiger partial charge on any atom is 0.158 e. The van der Waals surface area contributed by atoms with Crippen LogP contribution < -0.4 is 0 Å². The number of hydrogen-bond acceptors (Lipinski definition) is 3. The van der Waals surface area contributed by atoms with Crippen molar-refractivity contribution in [1.29, 1.82) is 0 Å². The van der Waals surface area contributed by atoms with E-state index in [0.717, 1.165) is 0 Å². The van der Waals surface area contributed by atoms with E-state index in [1.165, 1.54) is 31.5 Å². The fraction of sp³-hybridized carbons (Fsp3) is 0.818. The number of ether oxygens (including phenoxy) is 1. The second kappa shape index (κ2) is 4.32. The molecular weight excluding hydrogens is 178 g/mol. The summed E-state index contributed by atoms with van der Waals surface area (Å²) in [6.45, 7) is 4.88. The van der Waals surface area contributed by atoms with Crippen molar-refractivity contribution in [3.63, 3.8) is 0 Å². The summed E-state index contributed by atoms with van der Waals surface area (Å²) in [5, 5.41) is 9.55. The third-order valence-electron chi connectivity index (χ3n) is 3.17. The molecule has 3 nitrogen and oxygen atoms in total. The van der Waals surface area contributed by atoms with Gasteiger partial charge in [0.05, 0.1) is 0 Å². The Labute approximate surface area is 85.4 Å². The fourth-order valence-corrected chi connectivity index (χ4v) is 2.41. The largest absolute Gasteiger partial charge is 0.377 e. The lowest BCUT2D eigenvalue weighted by molar-refractivity contribution is -0.0948. The van der Waals surface area contributed by atoms with Crippen molar-refractivity contribution in [3.05, 3.63) is 11.8 Å². The topological polar surface area (TPSA) is 32.7 Å². The van der Waals surface area contributed by atoms with Crippen LogP contribution in [0.25, 0.3) is 0 Å². The second-order valence-electron chi connectivity index (χ2n) is 4.13. The first-order valence-corrected chi connectivity index (χ1v) is 5.54. The summed E-state index contributed by atoms with van der Waals surface area (Å²) in [6, 6.07) is 0. The summed E-state index contributed by atoms with van der Waals surface area (Å²) < 4.78 is 5.15. The summed E-state index contributed by atoms with van der Waals surface area (Å²) in [6.07, 6.45) is 4.82. The number of hydrogen-bond donors (Lipinski definition) is 1. The lowest BCUT2D eigenvalue weighted by Gasteiger charge is -2.39. The van der Waals surface area contributed by atoms with E-state index in [4.69, 9.17) is 4.74 Å². The molecule has 3 rings (SSSR count). The van der Waals surface area contributed by atoms with Gasteiger partial charge in [-0.25, -0.2) is 0 Å². The third kappa shape index (κ3) is 2.10. The first-order valence-electron chi connectivity index (χ1n) is 5.54. The van der Waals surface area contributed by atoms with Gasteiger partial charge in [-0.15, -0.1) is 0 Å². The highest BCUT2D eigenvalue weighted by Crippen LogP contribution is 2.33. The first kappa shape index (κ1) is 9.99. The average molecular weight is 197 g/mol. The molecule has 2 bridgehead atoms. The molecule has 1 saturated heterocycles. The Hall–Kier alpha value is -0.540. The van der Waals surface area contributed by atoms with Gasteiger partial charge in [-0.05, 0) is 37.5 Å². The summed E-state index contributed by atoms with van der Waals surface area (Å²) in [5.74, 6) is 0.704. The van der Waals surface area contributed by atoms with Gasteiger partial charge in [-0.2, -0.15) is 0 Å². The van der Waals surface area contributed by atoms with Crippen LogP contribution in [-0.4, -0.2) is 36.0 Å². The van der Waals surface area contributed by atoms with Crippen LogP contribution in [0.3, 0.4) is 0 Å². The fourth-order valence-electron chi connectivity index (χ4n) is 2.41. The van der Waals surface area contributed by atoms with Gasteiger partial charge in [0.25, 0.3) is 0 Å². The molecule has 0 spiro atoms. The van der Waals surface area contributed by atoms with Crippen LogP contribution in [0.5, 0.6) is 0 Å². The first-order chi connectivity index (χ1) is 6.79. The van der Waals surface area contributed by atoms with Gasteiger partial charge in [0, 0.05) is 26.1 Å². The molecule has 3 aliphatic rings. The van der Waals surface area contributed by atoms with Crippen molar-refractivity contribution in [3.8, 4) is 0 Å². The quantitative estimate of drug-likeness (QED) is 0.690. The van der Waals surface area contributed by atoms with Gasteiger partial charge in [0.2, 0.25) is 0 Å². The Morgan fingerprint density at radius 2 is 2.29 bits per heavy atom. The molecule has 0 aromatic rings. The lowest BCUT2D eigenvalue weighted by atomic mass is 9.84. The van der Waals surface area contributed by atoms with E-state index in [-0.39, 0.29) is 0 Å². The molecule has 0 aromatic carbocycles. The van der Waals surface area contributed by atoms with Crippen LogP contribution in [0, 0.1) is 5.92 Å². The third-order valence-corrected chi connectivity index (χ3v) is 3.17. The van der Waals surface area contributed by atoms with E-state index in [0.29, 0.717) is 18.9 Å². The van der Waals surface area contributed by atoms with E-state index >= 15 is 0 Å². The molecule has 0 radical (unpaired) electrons. The minimum atomic E-state index is -0.605. The highest BCUT2D eigenvalue weighted by Gasteiger charge is 2.27. The predicted octanol–water partition coefficient (Wildman–Crippen LogP) is 1.34. The average Bonchev–Trinajstić information content (AvgIpc) is 2.19. The molecule has 3 heteroatoms. The number of piperidine rings is 1. The standard InChI is InChI=1S/C11H19NO2/c1-2-14-11(13)7-10-8-12-5-3-9(10)4-6-12/h8-9,11,13H,2-7H2,1H3. The molecule has 80 valence electrons. The van der Waals surface area contributed by atoms with Crippen LogP contribution in [-0.2, 0) is 4.74 Å². The highest BCUT2D eigenvalue weighted by atomic mass is 16.6. The van der Waals surface area contributed by atoms with Gasteiger partial charge in [-0.3, -0.25) is 0 Å². The van der Waals surface area contributed by atoms with Crippen molar-refractivity contribution >= 4 is 0 Å². The van der Waals surface area contributed by atoms with Gasteiger partial charge in [0.1, 0.15) is 0 Å². The normalized spacial score (nSPS) is 23.9. The van der Waals surface area contributed by atoms with E-state index in [1.54, 1.807) is 0 Å². The second-order valence-corrected chi connectivity index (χ2v) is 4.13. The molecule has 1 N–H and O–H groups in total. The Kier molecular flexibility index (Phi) is 3.08. The maximum absolute atomic E-state index is 9.55. The van der Waals surface area contributed by atoms with Crippen LogP contribution >= 0.6 is 0 Å². The summed E-state index contributed by atoms with van der Waals surface area (Å²) in [5.41, 5.74) is 1.38. The molecule has 0 aromatic heterocycles. The zero-order valence-corrected chi connectivity index (χ0v) is 8.78. The van der Waals surface area contributed by atoms with Gasteiger partial charge < -0.3 is 14.7 Å². The molecular formula is C11H19NO2. The van der Waals surface area contributed by atoms with Crippen LogP contribution in [0.15, 0.2) is 11.8 Å². The van der Waals surface area contributed by atoms with Crippen molar-refractivity contribution in [2.45, 2.75) is 32.5 Å². The smallest absolute Gasteiger partial charge is 0.158 e. The molecule has 14 heavy (non-hydrogen) atoms. The zero-order chi connectivity index (χ0) is 9.97. The molecule has 3 heterocycles. The van der Waals surface area contributed by atoms with Crippen LogP contribution in [0.1, 0.15) is 26.2 Å². The zero-order valence-electron chi connectivity index (χ0n) is 8.78. The van der Waals surface area contributed by atoms with Crippen LogP contribution in [0.2, 0.25) is 0 Å². The molecule has 0 saturated carbocycles. The van der Waals surface area contributed by atoms with Gasteiger partial charge >= 0.3 is 0 Å². The monoisotopic (exact) mass is 197 g/mol. The molecule has 3 aliphatic heterocycles. The van der Waals surface area contributed by atoms with Gasteiger partial charge in [0.15, 0.2) is 6.29 Å². The molecule has 1 atom stereocenters. The number of fused-ring (bicyclic) bond motifs is 2. The van der Waals surface area contributed by atoms with Crippen molar-refractivity contribution in [1.82, 2.24) is 4.90 Å². The van der Waals surface area contributed by atoms with E-state index < -0.39 is 6.29 Å². The van der Waals surface area contributed by atoms with Crippen molar-refractivity contribution in [2.75, 3.05) is 19.7 Å². The molecule has 1 fully saturated rings. The predicted molar refractivity (Wildman–Crippen MR) is 54.6 cm³/mol. The van der Waals surface area contributed by atoms with Crippen molar-refractivity contribution < 1.29 is 9.84 Å². The number of aliphatic hydroxyl groups excluding tert-OH is 1. The van der Waals surface area contributed by atoms with E-state index in [9.17, 15) is 5.11 Å². The Morgan fingerprint density at radius 3 is 2.79 bits per heavy atom. The van der Waals surface area contributed by atoms with E-state index in [2.05, 4.69) is 11.1 Å². The molecule has 1 unspecified atom stereocenters. The summed E-state index contributed by atoms with van der Waals surface area (Å²) in [4.78, 5) is 2.36. The maximum atomic E-state index is 9.55. The number of aliphatic hydroxyl groups is 1. The van der Waals surface area contributed by atoms with Gasteiger partial charge in [-0.1, -0.05) is 0 Å². The van der Waals surface area contributed by atoms with E-state index in [1.807, 2.05) is 6.92 Å². The van der Waals surface area contributed by atoms with Crippen molar-refractivity contribution in [2.24, 2.45) is 5.92 Å². The minimum Gasteiger partial charge on any atom is -0.377 e. The number of nitrogens with zero attached hydrogens (tertiary/aromatic N) is 1. The Balaban J connectivity index is 1.91. The minimum absolute atomic E-state index is 0.586. The number of rotatable bonds is 4. The SMILES string of the molecule is CCOC(O)CC1=CN2CCC1CC2. The lowest BCUT2D eigenvalue weighted by Crippen LogP contribution is -2.37.